The lowest BCUT2D eigenvalue weighted by molar-refractivity contribution is -0.111. The molecule has 1 heterocycles. The molecule has 0 aromatic heterocycles. The Morgan fingerprint density at radius 2 is 1.76 bits per heavy atom. The standard InChI is InChI=1S/C24H27N3O2/c1-5-27-17(2)22(23(25-24(27)29)19-9-7-6-8-10-19)21(28)16-13-18-11-14-20(15-12-18)26(3)4/h6-16,23H,5H2,1-4H3,(H,25,29). The van der Waals surface area contributed by atoms with Gasteiger partial charge in [0.05, 0.1) is 6.04 Å². The third-order valence-corrected chi connectivity index (χ3v) is 5.15. The highest BCUT2D eigenvalue weighted by molar-refractivity contribution is 6.09. The van der Waals surface area contributed by atoms with Crippen LogP contribution in [0.2, 0.25) is 0 Å². The Kier molecular flexibility index (Phi) is 6.17. The van der Waals surface area contributed by atoms with Gasteiger partial charge in [0.1, 0.15) is 0 Å². The first kappa shape index (κ1) is 20.4. The third kappa shape index (κ3) is 4.40. The lowest BCUT2D eigenvalue weighted by Gasteiger charge is -2.35. The number of anilines is 1. The number of ketones is 1. The van der Waals surface area contributed by atoms with Crippen LogP contribution in [0.4, 0.5) is 10.5 Å². The van der Waals surface area contributed by atoms with Gasteiger partial charge in [0, 0.05) is 37.6 Å². The van der Waals surface area contributed by atoms with Crippen LogP contribution in [0.3, 0.4) is 0 Å². The fourth-order valence-electron chi connectivity index (χ4n) is 3.52. The van der Waals surface area contributed by atoms with Crippen molar-refractivity contribution in [1.82, 2.24) is 10.2 Å². The van der Waals surface area contributed by atoms with Crippen LogP contribution in [0.1, 0.15) is 31.0 Å². The molecule has 0 saturated heterocycles. The Morgan fingerprint density at radius 1 is 1.10 bits per heavy atom. The Hall–Kier alpha value is -3.34. The number of urea groups is 1. The highest BCUT2D eigenvalue weighted by Crippen LogP contribution is 2.31. The molecule has 0 bridgehead atoms. The van der Waals surface area contributed by atoms with Crippen molar-refractivity contribution in [3.05, 3.63) is 83.1 Å². The van der Waals surface area contributed by atoms with Gasteiger partial charge in [-0.2, -0.15) is 0 Å². The predicted octanol–water partition coefficient (Wildman–Crippen LogP) is 4.40. The van der Waals surface area contributed by atoms with Gasteiger partial charge in [-0.3, -0.25) is 9.69 Å². The number of rotatable bonds is 6. The van der Waals surface area contributed by atoms with Crippen LogP contribution in [0.25, 0.3) is 6.08 Å². The number of carbonyl (C=O) groups is 2. The summed E-state index contributed by atoms with van der Waals surface area (Å²) in [6.07, 6.45) is 3.40. The van der Waals surface area contributed by atoms with E-state index in [1.807, 2.05) is 93.5 Å². The van der Waals surface area contributed by atoms with Gasteiger partial charge >= 0.3 is 6.03 Å². The van der Waals surface area contributed by atoms with Gasteiger partial charge in [0.25, 0.3) is 0 Å². The maximum atomic E-state index is 13.2. The number of nitrogens with one attached hydrogen (secondary N) is 1. The SMILES string of the molecule is CCN1C(=O)NC(c2ccccc2)C(C(=O)C=Cc2ccc(N(C)C)cc2)=C1C. The van der Waals surface area contributed by atoms with Gasteiger partial charge in [-0.15, -0.1) is 0 Å². The number of allylic oxidation sites excluding steroid dienone is 2. The van der Waals surface area contributed by atoms with Crippen molar-refractivity contribution < 1.29 is 9.59 Å². The highest BCUT2D eigenvalue weighted by Gasteiger charge is 2.33. The lowest BCUT2D eigenvalue weighted by Crippen LogP contribution is -2.47. The summed E-state index contributed by atoms with van der Waals surface area (Å²) in [4.78, 5) is 29.3. The summed E-state index contributed by atoms with van der Waals surface area (Å²) < 4.78 is 0. The van der Waals surface area contributed by atoms with Crippen molar-refractivity contribution in [3.63, 3.8) is 0 Å². The minimum Gasteiger partial charge on any atom is -0.378 e. The van der Waals surface area contributed by atoms with Crippen LogP contribution in [0.5, 0.6) is 0 Å². The fourth-order valence-corrected chi connectivity index (χ4v) is 3.52. The molecule has 29 heavy (non-hydrogen) atoms. The zero-order valence-corrected chi connectivity index (χ0v) is 17.3. The molecule has 0 fully saturated rings. The summed E-state index contributed by atoms with van der Waals surface area (Å²) in [6, 6.07) is 16.9. The molecular weight excluding hydrogens is 362 g/mol. The summed E-state index contributed by atoms with van der Waals surface area (Å²) in [6.45, 7) is 4.24. The monoisotopic (exact) mass is 389 g/mol. The van der Waals surface area contributed by atoms with Crippen LogP contribution in [-0.4, -0.2) is 37.4 Å². The second-order valence-corrected chi connectivity index (χ2v) is 7.22. The number of amides is 2. The second kappa shape index (κ2) is 8.78. The summed E-state index contributed by atoms with van der Waals surface area (Å²) in [7, 11) is 3.98. The molecule has 1 atom stereocenters. The van der Waals surface area contributed by atoms with E-state index in [1.165, 1.54) is 0 Å². The van der Waals surface area contributed by atoms with E-state index in [2.05, 4.69) is 5.32 Å². The molecule has 3 rings (SSSR count). The minimum atomic E-state index is -0.459. The number of hydrogen-bond donors (Lipinski definition) is 1. The smallest absolute Gasteiger partial charge is 0.322 e. The molecule has 5 nitrogen and oxygen atoms in total. The zero-order chi connectivity index (χ0) is 21.0. The topological polar surface area (TPSA) is 52.7 Å². The van der Waals surface area contributed by atoms with Crippen LogP contribution in [0, 0.1) is 0 Å². The predicted molar refractivity (Wildman–Crippen MR) is 118 cm³/mol. The second-order valence-electron chi connectivity index (χ2n) is 7.22. The number of carbonyl (C=O) groups excluding carboxylic acids is 2. The summed E-state index contributed by atoms with van der Waals surface area (Å²) in [5.74, 6) is -0.105. The Labute approximate surface area is 172 Å². The maximum Gasteiger partial charge on any atom is 0.322 e. The molecule has 1 N–H and O–H groups in total. The van der Waals surface area contributed by atoms with Crippen molar-refractivity contribution in [2.45, 2.75) is 19.9 Å². The molecule has 1 aliphatic heterocycles. The van der Waals surface area contributed by atoms with E-state index in [0.717, 1.165) is 16.8 Å². The molecular formula is C24H27N3O2. The van der Waals surface area contributed by atoms with Crippen LogP contribution >= 0.6 is 0 Å². The fraction of sp³-hybridized carbons (Fsp3) is 0.250. The Morgan fingerprint density at radius 3 is 2.34 bits per heavy atom. The third-order valence-electron chi connectivity index (χ3n) is 5.15. The molecule has 0 aliphatic carbocycles. The molecule has 2 aromatic carbocycles. The lowest BCUT2D eigenvalue weighted by atomic mass is 9.91. The molecule has 2 amide bonds. The molecule has 0 saturated carbocycles. The van der Waals surface area contributed by atoms with E-state index in [4.69, 9.17) is 0 Å². The molecule has 1 aliphatic rings. The normalized spacial score (nSPS) is 16.9. The molecule has 5 heteroatoms. The van der Waals surface area contributed by atoms with E-state index in [-0.39, 0.29) is 11.8 Å². The van der Waals surface area contributed by atoms with Gasteiger partial charge in [0.15, 0.2) is 5.78 Å². The van der Waals surface area contributed by atoms with E-state index < -0.39 is 6.04 Å². The number of nitrogens with zero attached hydrogens (tertiary/aromatic N) is 2. The Bertz CT molecular complexity index is 944. The van der Waals surface area contributed by atoms with Crippen molar-refractivity contribution in [3.8, 4) is 0 Å². The van der Waals surface area contributed by atoms with Gasteiger partial charge in [0.2, 0.25) is 0 Å². The molecule has 2 aromatic rings. The average Bonchev–Trinajstić information content (AvgIpc) is 2.73. The number of benzene rings is 2. The summed E-state index contributed by atoms with van der Waals surface area (Å²) in [5, 5.41) is 2.98. The van der Waals surface area contributed by atoms with Gasteiger partial charge < -0.3 is 10.2 Å². The van der Waals surface area contributed by atoms with Crippen LogP contribution in [0.15, 0.2) is 71.9 Å². The molecule has 1 unspecified atom stereocenters. The first-order valence-corrected chi connectivity index (χ1v) is 9.76. The number of hydrogen-bond acceptors (Lipinski definition) is 3. The summed E-state index contributed by atoms with van der Waals surface area (Å²) in [5.41, 5.74) is 4.24. The van der Waals surface area contributed by atoms with Crippen molar-refractivity contribution in [2.24, 2.45) is 0 Å². The van der Waals surface area contributed by atoms with Crippen molar-refractivity contribution >= 4 is 23.6 Å². The molecule has 0 radical (unpaired) electrons. The minimum absolute atomic E-state index is 0.105. The van der Waals surface area contributed by atoms with E-state index in [0.29, 0.717) is 17.8 Å². The van der Waals surface area contributed by atoms with Gasteiger partial charge in [-0.1, -0.05) is 48.5 Å². The van der Waals surface area contributed by atoms with Crippen molar-refractivity contribution in [1.29, 1.82) is 0 Å². The average molecular weight is 389 g/mol. The maximum absolute atomic E-state index is 13.2. The van der Waals surface area contributed by atoms with Gasteiger partial charge in [-0.25, -0.2) is 4.79 Å². The first-order valence-electron chi connectivity index (χ1n) is 9.76. The van der Waals surface area contributed by atoms with E-state index in [1.54, 1.807) is 11.0 Å². The highest BCUT2D eigenvalue weighted by atomic mass is 16.2. The van der Waals surface area contributed by atoms with E-state index >= 15 is 0 Å². The molecule has 150 valence electrons. The van der Waals surface area contributed by atoms with Gasteiger partial charge in [-0.05, 0) is 43.2 Å². The first-order chi connectivity index (χ1) is 13.9. The van der Waals surface area contributed by atoms with E-state index in [9.17, 15) is 9.59 Å². The zero-order valence-electron chi connectivity index (χ0n) is 17.3. The van der Waals surface area contributed by atoms with Crippen LogP contribution < -0.4 is 10.2 Å². The summed E-state index contributed by atoms with van der Waals surface area (Å²) >= 11 is 0. The van der Waals surface area contributed by atoms with Crippen molar-refractivity contribution in [2.75, 3.05) is 25.5 Å². The van der Waals surface area contributed by atoms with Crippen LogP contribution in [-0.2, 0) is 4.79 Å². The largest absolute Gasteiger partial charge is 0.378 e. The molecule has 0 spiro atoms. The Balaban J connectivity index is 1.93. The quantitative estimate of drug-likeness (QED) is 0.745.